The standard InChI is InChI=1S/C10H15N3O3S/c1-6(4-14)17-5-8(15)11-10-13-12-9(16-10)7-2-3-7/h6-7,14H,2-5H2,1H3,(H,11,13,15). The highest BCUT2D eigenvalue weighted by Crippen LogP contribution is 2.39. The smallest absolute Gasteiger partial charge is 0.322 e. The molecule has 1 heterocycles. The lowest BCUT2D eigenvalue weighted by molar-refractivity contribution is -0.113. The second kappa shape index (κ2) is 5.50. The zero-order chi connectivity index (χ0) is 12.3. The topological polar surface area (TPSA) is 88.2 Å². The molecule has 1 aliphatic rings. The van der Waals surface area contributed by atoms with Gasteiger partial charge in [-0.25, -0.2) is 0 Å². The van der Waals surface area contributed by atoms with Crippen molar-refractivity contribution in [3.8, 4) is 0 Å². The molecule has 0 saturated heterocycles. The number of anilines is 1. The molecule has 0 radical (unpaired) electrons. The van der Waals surface area contributed by atoms with Crippen LogP contribution in [0.1, 0.15) is 31.6 Å². The number of hydrogen-bond acceptors (Lipinski definition) is 6. The highest BCUT2D eigenvalue weighted by atomic mass is 32.2. The molecule has 0 bridgehead atoms. The van der Waals surface area contributed by atoms with Gasteiger partial charge in [0.25, 0.3) is 0 Å². The number of aromatic nitrogens is 2. The molecule has 94 valence electrons. The third-order valence-corrected chi connectivity index (χ3v) is 3.52. The van der Waals surface area contributed by atoms with E-state index < -0.39 is 0 Å². The fraction of sp³-hybridized carbons (Fsp3) is 0.700. The summed E-state index contributed by atoms with van der Waals surface area (Å²) in [5, 5.41) is 19.0. The van der Waals surface area contributed by atoms with Crippen LogP contribution < -0.4 is 5.32 Å². The van der Waals surface area contributed by atoms with E-state index in [1.54, 1.807) is 0 Å². The molecule has 1 amide bonds. The van der Waals surface area contributed by atoms with Crippen LogP contribution in [0.5, 0.6) is 0 Å². The van der Waals surface area contributed by atoms with Crippen molar-refractivity contribution in [1.82, 2.24) is 10.2 Å². The van der Waals surface area contributed by atoms with E-state index in [0.717, 1.165) is 12.8 Å². The predicted octanol–water partition coefficient (Wildman–Crippen LogP) is 0.999. The Bertz CT molecular complexity index is 392. The first-order chi connectivity index (χ1) is 8.19. The quantitative estimate of drug-likeness (QED) is 0.790. The van der Waals surface area contributed by atoms with Crippen molar-refractivity contribution in [1.29, 1.82) is 0 Å². The summed E-state index contributed by atoms with van der Waals surface area (Å²) in [6.45, 7) is 1.92. The average Bonchev–Trinajstić information content (AvgIpc) is 3.08. The van der Waals surface area contributed by atoms with Gasteiger partial charge in [0.2, 0.25) is 11.8 Å². The monoisotopic (exact) mass is 257 g/mol. The highest BCUT2D eigenvalue weighted by Gasteiger charge is 2.29. The number of amides is 1. The highest BCUT2D eigenvalue weighted by molar-refractivity contribution is 8.00. The van der Waals surface area contributed by atoms with Crippen LogP contribution >= 0.6 is 11.8 Å². The first-order valence-electron chi connectivity index (χ1n) is 5.54. The molecule has 1 aromatic heterocycles. The summed E-state index contributed by atoms with van der Waals surface area (Å²) in [4.78, 5) is 11.5. The van der Waals surface area contributed by atoms with Gasteiger partial charge in [0.05, 0.1) is 12.4 Å². The van der Waals surface area contributed by atoms with Gasteiger partial charge in [0.1, 0.15) is 0 Å². The Kier molecular flexibility index (Phi) is 4.01. The Labute approximate surface area is 103 Å². The van der Waals surface area contributed by atoms with E-state index in [4.69, 9.17) is 9.52 Å². The van der Waals surface area contributed by atoms with Gasteiger partial charge >= 0.3 is 6.01 Å². The summed E-state index contributed by atoms with van der Waals surface area (Å²) in [5.41, 5.74) is 0. The molecule has 1 aromatic rings. The lowest BCUT2D eigenvalue weighted by atomic mass is 10.4. The van der Waals surface area contributed by atoms with Gasteiger partial charge in [0.15, 0.2) is 0 Å². The van der Waals surface area contributed by atoms with Crippen LogP contribution in [0.3, 0.4) is 0 Å². The summed E-state index contributed by atoms with van der Waals surface area (Å²) < 4.78 is 5.30. The molecule has 6 nitrogen and oxygen atoms in total. The van der Waals surface area contributed by atoms with E-state index in [1.165, 1.54) is 11.8 Å². The van der Waals surface area contributed by atoms with Gasteiger partial charge in [-0.05, 0) is 12.8 Å². The predicted molar refractivity (Wildman–Crippen MR) is 63.9 cm³/mol. The van der Waals surface area contributed by atoms with Gasteiger partial charge in [-0.1, -0.05) is 12.0 Å². The van der Waals surface area contributed by atoms with Crippen LogP contribution in [-0.2, 0) is 4.79 Å². The summed E-state index contributed by atoms with van der Waals surface area (Å²) in [6, 6.07) is 0.161. The van der Waals surface area contributed by atoms with Crippen molar-refractivity contribution < 1.29 is 14.3 Å². The largest absolute Gasteiger partial charge is 0.408 e. The summed E-state index contributed by atoms with van der Waals surface area (Å²) in [7, 11) is 0. The number of aliphatic hydroxyl groups is 1. The molecule has 1 aliphatic carbocycles. The fourth-order valence-electron chi connectivity index (χ4n) is 1.21. The molecule has 0 aliphatic heterocycles. The Morgan fingerprint density at radius 3 is 3.06 bits per heavy atom. The van der Waals surface area contributed by atoms with E-state index in [9.17, 15) is 4.79 Å². The Morgan fingerprint density at radius 2 is 2.41 bits per heavy atom. The van der Waals surface area contributed by atoms with Gasteiger partial charge in [-0.3, -0.25) is 10.1 Å². The van der Waals surface area contributed by atoms with Gasteiger partial charge in [-0.2, -0.15) is 0 Å². The van der Waals surface area contributed by atoms with E-state index in [2.05, 4.69) is 15.5 Å². The van der Waals surface area contributed by atoms with Crippen molar-refractivity contribution in [2.24, 2.45) is 0 Å². The molecular formula is C10H15N3O3S. The van der Waals surface area contributed by atoms with Gasteiger partial charge < -0.3 is 9.52 Å². The van der Waals surface area contributed by atoms with Crippen LogP contribution in [0.2, 0.25) is 0 Å². The average molecular weight is 257 g/mol. The van der Waals surface area contributed by atoms with Crippen LogP contribution in [0.4, 0.5) is 6.01 Å². The van der Waals surface area contributed by atoms with Crippen LogP contribution in [0.15, 0.2) is 4.42 Å². The summed E-state index contributed by atoms with van der Waals surface area (Å²) in [5.74, 6) is 1.07. The molecule has 1 fully saturated rings. The third kappa shape index (κ3) is 3.71. The summed E-state index contributed by atoms with van der Waals surface area (Å²) in [6.07, 6.45) is 2.17. The molecule has 1 saturated carbocycles. The van der Waals surface area contributed by atoms with Gasteiger partial charge in [0, 0.05) is 11.2 Å². The first kappa shape index (κ1) is 12.4. The Morgan fingerprint density at radius 1 is 1.65 bits per heavy atom. The Balaban J connectivity index is 1.76. The second-order valence-corrected chi connectivity index (χ2v) is 5.50. The lowest BCUT2D eigenvalue weighted by Crippen LogP contribution is -2.17. The number of thioether (sulfide) groups is 1. The number of nitrogens with zero attached hydrogens (tertiary/aromatic N) is 2. The van der Waals surface area contributed by atoms with Crippen molar-refractivity contribution in [3.63, 3.8) is 0 Å². The molecule has 0 aromatic carbocycles. The fourth-order valence-corrected chi connectivity index (χ4v) is 1.82. The minimum absolute atomic E-state index is 0.0467. The van der Waals surface area contributed by atoms with Crippen molar-refractivity contribution in [2.45, 2.75) is 30.9 Å². The number of rotatable bonds is 6. The first-order valence-corrected chi connectivity index (χ1v) is 6.59. The van der Waals surface area contributed by atoms with Crippen LogP contribution in [-0.4, -0.2) is 38.8 Å². The SMILES string of the molecule is CC(CO)SCC(=O)Nc1nnc(C2CC2)o1. The summed E-state index contributed by atoms with van der Waals surface area (Å²) >= 11 is 1.38. The van der Waals surface area contributed by atoms with E-state index in [1.807, 2.05) is 6.92 Å². The molecule has 17 heavy (non-hydrogen) atoms. The number of aliphatic hydroxyl groups excluding tert-OH is 1. The lowest BCUT2D eigenvalue weighted by Gasteiger charge is -2.05. The molecular weight excluding hydrogens is 242 g/mol. The van der Waals surface area contributed by atoms with Crippen molar-refractivity contribution in [3.05, 3.63) is 5.89 Å². The normalized spacial score (nSPS) is 16.8. The number of nitrogens with one attached hydrogen (secondary N) is 1. The minimum atomic E-state index is -0.193. The van der Waals surface area contributed by atoms with E-state index >= 15 is 0 Å². The molecule has 7 heteroatoms. The molecule has 1 atom stereocenters. The van der Waals surface area contributed by atoms with E-state index in [-0.39, 0.29) is 29.5 Å². The second-order valence-electron chi connectivity index (χ2n) is 4.07. The zero-order valence-corrected chi connectivity index (χ0v) is 10.4. The molecule has 1 unspecified atom stereocenters. The number of hydrogen-bond donors (Lipinski definition) is 2. The minimum Gasteiger partial charge on any atom is -0.408 e. The Hall–Kier alpha value is -1.08. The van der Waals surface area contributed by atoms with Crippen molar-refractivity contribution >= 4 is 23.7 Å². The number of carbonyl (C=O) groups excluding carboxylic acids is 1. The molecule has 2 rings (SSSR count). The maximum Gasteiger partial charge on any atom is 0.322 e. The molecule has 0 spiro atoms. The van der Waals surface area contributed by atoms with Crippen molar-refractivity contribution in [2.75, 3.05) is 17.7 Å². The van der Waals surface area contributed by atoms with Gasteiger partial charge in [-0.15, -0.1) is 16.9 Å². The van der Waals surface area contributed by atoms with E-state index in [0.29, 0.717) is 11.8 Å². The zero-order valence-electron chi connectivity index (χ0n) is 9.55. The molecule has 2 N–H and O–H groups in total. The maximum absolute atomic E-state index is 11.5. The maximum atomic E-state index is 11.5. The third-order valence-electron chi connectivity index (χ3n) is 2.37. The number of carbonyl (C=O) groups is 1. The van der Waals surface area contributed by atoms with Crippen LogP contribution in [0, 0.1) is 0 Å². The van der Waals surface area contributed by atoms with Crippen LogP contribution in [0.25, 0.3) is 0 Å².